The first kappa shape index (κ1) is 17.7. The van der Waals surface area contributed by atoms with Crippen molar-refractivity contribution in [1.29, 1.82) is 0 Å². The van der Waals surface area contributed by atoms with Gasteiger partial charge < -0.3 is 23.4 Å². The molecule has 0 aromatic carbocycles. The maximum absolute atomic E-state index is 5.90. The Hall–Kier alpha value is 0.668. The molecule has 17 heavy (non-hydrogen) atoms. The summed E-state index contributed by atoms with van der Waals surface area (Å²) < 4.78 is 16.0. The fraction of sp³-hybridized carbons (Fsp3) is 1.00. The van der Waals surface area contributed by atoms with Gasteiger partial charge in [-0.1, -0.05) is 13.3 Å². The summed E-state index contributed by atoms with van der Waals surface area (Å²) in [7, 11) is -0.850. The van der Waals surface area contributed by atoms with Crippen molar-refractivity contribution < 1.29 is 12.3 Å². The summed E-state index contributed by atoms with van der Waals surface area (Å²) in [6, 6.07) is 1.55. The number of hydrogen-bond acceptors (Lipinski definition) is 5. The van der Waals surface area contributed by atoms with E-state index in [0.717, 1.165) is 30.0 Å². The largest absolute Gasteiger partial charge is 0.449 e. The summed E-state index contributed by atoms with van der Waals surface area (Å²) in [5, 5.41) is 3.39. The van der Waals surface area contributed by atoms with Crippen molar-refractivity contribution in [2.75, 3.05) is 13.1 Å². The van der Waals surface area contributed by atoms with Gasteiger partial charge in [-0.2, -0.15) is 0 Å². The summed E-state index contributed by atoms with van der Waals surface area (Å²) in [6.45, 7) is 4.18. The lowest BCUT2D eigenvalue weighted by atomic mass is 10.2. The van der Waals surface area contributed by atoms with Crippen LogP contribution in [0.3, 0.4) is 0 Å². The van der Waals surface area contributed by atoms with Crippen LogP contribution in [0.1, 0.15) is 26.2 Å². The fourth-order valence-corrected chi connectivity index (χ4v) is 7.16. The Kier molecular flexibility index (Phi) is 15.3. The zero-order valence-electron chi connectivity index (χ0n) is 11.2. The number of hydrogen-bond donors (Lipinski definition) is 2. The summed E-state index contributed by atoms with van der Waals surface area (Å²) in [6.07, 6.45) is 3.48. The molecule has 0 spiro atoms. The zero-order valence-corrected chi connectivity index (χ0v) is 17.5. The van der Waals surface area contributed by atoms with Crippen molar-refractivity contribution >= 4 is 40.3 Å². The normalized spacial score (nSPS) is 15.2. The first-order chi connectivity index (χ1) is 8.31. The molecular formula is C8H28N2O3Si4. The van der Waals surface area contributed by atoms with E-state index in [2.05, 4.69) is 12.2 Å². The van der Waals surface area contributed by atoms with Gasteiger partial charge in [0.2, 0.25) is 0 Å². The second kappa shape index (κ2) is 14.7. The van der Waals surface area contributed by atoms with E-state index in [0.29, 0.717) is 6.04 Å². The molecule has 0 heterocycles. The molecule has 0 saturated carbocycles. The Bertz CT molecular complexity index is 159. The predicted octanol–water partition coefficient (Wildman–Crippen LogP) is -3.08. The molecule has 0 aliphatic carbocycles. The molecule has 1 unspecified atom stereocenters. The van der Waals surface area contributed by atoms with Crippen LogP contribution in [0.15, 0.2) is 0 Å². The Morgan fingerprint density at radius 3 is 2.88 bits per heavy atom. The van der Waals surface area contributed by atoms with Crippen LogP contribution in [0.4, 0.5) is 0 Å². The molecule has 1 atom stereocenters. The van der Waals surface area contributed by atoms with Gasteiger partial charge in [-0.25, -0.2) is 0 Å². The van der Waals surface area contributed by atoms with E-state index in [1.165, 1.54) is 18.9 Å². The third kappa shape index (κ3) is 14.6. The lowest BCUT2D eigenvalue weighted by molar-refractivity contribution is 0.437. The van der Waals surface area contributed by atoms with E-state index in [-0.39, 0.29) is 9.76 Å². The molecule has 0 bridgehead atoms. The van der Waals surface area contributed by atoms with Gasteiger partial charge in [0.1, 0.15) is 20.2 Å². The van der Waals surface area contributed by atoms with Crippen LogP contribution in [0, 0.1) is 0 Å². The predicted molar refractivity (Wildman–Crippen MR) is 84.0 cm³/mol. The zero-order chi connectivity index (χ0) is 12.8. The molecule has 0 aliphatic rings. The van der Waals surface area contributed by atoms with Crippen LogP contribution < -0.4 is 11.1 Å². The van der Waals surface area contributed by atoms with Crippen molar-refractivity contribution in [2.24, 2.45) is 5.73 Å². The molecule has 0 aromatic rings. The molecule has 0 amide bonds. The van der Waals surface area contributed by atoms with E-state index in [1.54, 1.807) is 0 Å². The number of nitrogens with one attached hydrogen (secondary N) is 1. The van der Waals surface area contributed by atoms with Gasteiger partial charge in [0, 0.05) is 12.6 Å². The van der Waals surface area contributed by atoms with Crippen LogP contribution in [-0.2, 0) is 12.3 Å². The van der Waals surface area contributed by atoms with Crippen LogP contribution in [0.5, 0.6) is 0 Å². The van der Waals surface area contributed by atoms with Gasteiger partial charge in [0.05, 0.1) is 0 Å². The maximum atomic E-state index is 5.90. The molecule has 0 saturated heterocycles. The molecule has 5 nitrogen and oxygen atoms in total. The van der Waals surface area contributed by atoms with E-state index in [9.17, 15) is 0 Å². The fourth-order valence-electron chi connectivity index (χ4n) is 1.45. The minimum absolute atomic E-state index is 0.317. The van der Waals surface area contributed by atoms with Gasteiger partial charge in [-0.3, -0.25) is 0 Å². The minimum atomic E-state index is -0.679. The standard InChI is InChI=1S/C8H28N2O3Si4/c1-2-4-8(9)7-10-5-3-6-15-12-17-13-16-11-14/h8,10H,2-7,9,15-17H2,1,14H3. The molecule has 104 valence electrons. The number of rotatable bonds is 13. The second-order valence-electron chi connectivity index (χ2n) is 4.10. The van der Waals surface area contributed by atoms with Crippen LogP contribution >= 0.6 is 0 Å². The Morgan fingerprint density at radius 1 is 1.35 bits per heavy atom. The Morgan fingerprint density at radius 2 is 2.18 bits per heavy atom. The summed E-state index contributed by atoms with van der Waals surface area (Å²) in [4.78, 5) is 0. The van der Waals surface area contributed by atoms with Crippen molar-refractivity contribution in [3.05, 3.63) is 0 Å². The SMILES string of the molecule is CCCC(N)CNCCC[SiH2]O[SiH2]O[SiH2]O[SiH3]. The van der Waals surface area contributed by atoms with Crippen LogP contribution in [0.25, 0.3) is 0 Å². The molecule has 9 heteroatoms. The van der Waals surface area contributed by atoms with Crippen LogP contribution in [0.2, 0.25) is 6.04 Å². The average Bonchev–Trinajstić information content (AvgIpc) is 2.32. The molecule has 0 rings (SSSR count). The molecule has 0 fully saturated rings. The molecule has 3 N–H and O–H groups in total. The quantitative estimate of drug-likeness (QED) is 0.279. The lowest BCUT2D eigenvalue weighted by Gasteiger charge is -2.11. The van der Waals surface area contributed by atoms with Gasteiger partial charge in [0.15, 0.2) is 0 Å². The molecule has 0 aromatic heterocycles. The van der Waals surface area contributed by atoms with Crippen molar-refractivity contribution in [1.82, 2.24) is 5.32 Å². The Labute approximate surface area is 115 Å². The van der Waals surface area contributed by atoms with Gasteiger partial charge >= 0.3 is 0 Å². The highest BCUT2D eigenvalue weighted by Crippen LogP contribution is 1.92. The summed E-state index contributed by atoms with van der Waals surface area (Å²) >= 11 is 0. The molecule has 0 radical (unpaired) electrons. The van der Waals surface area contributed by atoms with E-state index in [1.807, 2.05) is 0 Å². The summed E-state index contributed by atoms with van der Waals surface area (Å²) in [5.74, 6) is 0. The monoisotopic (exact) mass is 312 g/mol. The van der Waals surface area contributed by atoms with Crippen molar-refractivity contribution in [2.45, 2.75) is 38.3 Å². The number of nitrogens with two attached hydrogens (primary N) is 1. The van der Waals surface area contributed by atoms with E-state index >= 15 is 0 Å². The highest BCUT2D eigenvalue weighted by atomic mass is 28.4. The lowest BCUT2D eigenvalue weighted by Crippen LogP contribution is -2.34. The van der Waals surface area contributed by atoms with Gasteiger partial charge in [0.25, 0.3) is 20.0 Å². The topological polar surface area (TPSA) is 65.7 Å². The third-order valence-electron chi connectivity index (χ3n) is 2.33. The van der Waals surface area contributed by atoms with E-state index in [4.69, 9.17) is 18.1 Å². The second-order valence-corrected chi connectivity index (χ2v) is 11.3. The highest BCUT2D eigenvalue weighted by molar-refractivity contribution is 6.44. The van der Waals surface area contributed by atoms with Crippen molar-refractivity contribution in [3.8, 4) is 0 Å². The third-order valence-corrected chi connectivity index (χ3v) is 7.21. The van der Waals surface area contributed by atoms with Crippen LogP contribution in [-0.4, -0.2) is 59.4 Å². The van der Waals surface area contributed by atoms with Gasteiger partial charge in [-0.15, -0.1) is 0 Å². The van der Waals surface area contributed by atoms with Crippen molar-refractivity contribution in [3.63, 3.8) is 0 Å². The molecule has 0 aliphatic heterocycles. The smallest absolute Gasteiger partial charge is 0.284 e. The molecular weight excluding hydrogens is 284 g/mol. The first-order valence-corrected chi connectivity index (χ1v) is 11.1. The average molecular weight is 313 g/mol. The maximum Gasteiger partial charge on any atom is 0.284 e. The minimum Gasteiger partial charge on any atom is -0.449 e. The first-order valence-electron chi connectivity index (χ1n) is 6.42. The highest BCUT2D eigenvalue weighted by Gasteiger charge is 1.99. The Balaban J connectivity index is 2.98. The van der Waals surface area contributed by atoms with E-state index < -0.39 is 20.0 Å². The summed E-state index contributed by atoms with van der Waals surface area (Å²) in [5.41, 5.74) is 5.90. The van der Waals surface area contributed by atoms with Gasteiger partial charge in [-0.05, 0) is 25.4 Å².